The molecule has 2 atom stereocenters. The molecule has 1 aromatic heterocycles. The smallest absolute Gasteiger partial charge is 0.147 e. The van der Waals surface area contributed by atoms with E-state index >= 15 is 0 Å². The molecular formula is C19H20N4. The van der Waals surface area contributed by atoms with Gasteiger partial charge in [-0.25, -0.2) is 4.98 Å². The fraction of sp³-hybridized carbons (Fsp3) is 0.368. The van der Waals surface area contributed by atoms with Crippen LogP contribution in [0, 0.1) is 11.8 Å². The molecule has 2 fully saturated rings. The highest BCUT2D eigenvalue weighted by molar-refractivity contribution is 5.38. The van der Waals surface area contributed by atoms with E-state index in [2.05, 4.69) is 43.7 Å². The van der Waals surface area contributed by atoms with Crippen LogP contribution < -0.4 is 4.90 Å². The molecule has 2 aliphatic rings. The maximum atomic E-state index is 4.43. The summed E-state index contributed by atoms with van der Waals surface area (Å²) in [6.45, 7) is 3.08. The lowest BCUT2D eigenvalue weighted by Crippen LogP contribution is -2.52. The number of rotatable bonds is 1. The van der Waals surface area contributed by atoms with Crippen LogP contribution in [0.4, 0.5) is 5.82 Å². The normalized spacial score (nSPS) is 23.9. The van der Waals surface area contributed by atoms with Crippen molar-refractivity contribution in [3.05, 3.63) is 54.5 Å². The van der Waals surface area contributed by atoms with Crippen LogP contribution in [0.1, 0.15) is 18.4 Å². The summed E-state index contributed by atoms with van der Waals surface area (Å²) < 4.78 is 0. The summed E-state index contributed by atoms with van der Waals surface area (Å²) in [5, 5.41) is 0. The molecule has 0 amide bonds. The van der Waals surface area contributed by atoms with Gasteiger partial charge in [-0.05, 0) is 25.0 Å². The molecule has 2 aliphatic heterocycles. The minimum atomic E-state index is 0.393. The van der Waals surface area contributed by atoms with Gasteiger partial charge in [0.05, 0.1) is 12.2 Å². The maximum Gasteiger partial charge on any atom is 0.147 e. The molecule has 0 unspecified atom stereocenters. The van der Waals surface area contributed by atoms with Crippen LogP contribution >= 0.6 is 0 Å². The summed E-state index contributed by atoms with van der Waals surface area (Å²) in [5.74, 6) is 7.81. The van der Waals surface area contributed by atoms with Gasteiger partial charge in [0.2, 0.25) is 0 Å². The predicted octanol–water partition coefficient (Wildman–Crippen LogP) is 2.18. The van der Waals surface area contributed by atoms with E-state index in [4.69, 9.17) is 0 Å². The zero-order valence-electron chi connectivity index (χ0n) is 13.1. The van der Waals surface area contributed by atoms with Crippen molar-refractivity contribution in [2.24, 2.45) is 0 Å². The first-order chi connectivity index (χ1) is 11.4. The van der Waals surface area contributed by atoms with Crippen molar-refractivity contribution in [3.63, 3.8) is 0 Å². The third-order valence-electron chi connectivity index (χ3n) is 4.73. The van der Waals surface area contributed by atoms with Crippen molar-refractivity contribution >= 4 is 5.82 Å². The molecule has 116 valence electrons. The van der Waals surface area contributed by atoms with Gasteiger partial charge >= 0.3 is 0 Å². The van der Waals surface area contributed by atoms with Crippen molar-refractivity contribution < 1.29 is 0 Å². The van der Waals surface area contributed by atoms with Gasteiger partial charge in [0.1, 0.15) is 5.82 Å². The Morgan fingerprint density at radius 2 is 1.96 bits per heavy atom. The zero-order chi connectivity index (χ0) is 15.5. The second-order valence-electron chi connectivity index (χ2n) is 6.13. The number of hydrogen-bond donors (Lipinski definition) is 0. The van der Waals surface area contributed by atoms with E-state index in [9.17, 15) is 0 Å². The summed E-state index contributed by atoms with van der Waals surface area (Å²) in [5.41, 5.74) is 1.11. The van der Waals surface area contributed by atoms with Gasteiger partial charge in [0.15, 0.2) is 0 Å². The lowest BCUT2D eigenvalue weighted by molar-refractivity contribution is 0.202. The SMILES string of the molecule is C(#C[C@H]1CC[C@H]2CN(c3cnccn3)CCN21)c1ccccc1. The molecule has 0 bridgehead atoms. The molecule has 23 heavy (non-hydrogen) atoms. The topological polar surface area (TPSA) is 32.3 Å². The standard InChI is InChI=1S/C19H20N4/c1-2-4-16(5-3-1)6-7-17-8-9-18-15-22(12-13-23(17)18)19-14-20-10-11-21-19/h1-5,10-11,14,17-18H,8-9,12-13,15H2/t17-,18-/m0/s1. The Kier molecular flexibility index (Phi) is 3.95. The molecule has 0 radical (unpaired) electrons. The number of fused-ring (bicyclic) bond motifs is 1. The molecule has 0 N–H and O–H groups in total. The molecule has 0 aliphatic carbocycles. The van der Waals surface area contributed by atoms with Crippen LogP contribution in [0.5, 0.6) is 0 Å². The Morgan fingerprint density at radius 1 is 1.04 bits per heavy atom. The summed E-state index contributed by atoms with van der Waals surface area (Å²) in [6, 6.07) is 11.2. The van der Waals surface area contributed by atoms with E-state index in [1.165, 1.54) is 12.8 Å². The minimum Gasteiger partial charge on any atom is -0.352 e. The highest BCUT2D eigenvalue weighted by Gasteiger charge is 2.36. The first-order valence-electron chi connectivity index (χ1n) is 8.23. The molecule has 3 heterocycles. The Bertz CT molecular complexity index is 704. The van der Waals surface area contributed by atoms with Crippen LogP contribution in [0.2, 0.25) is 0 Å². The minimum absolute atomic E-state index is 0.393. The second kappa shape index (κ2) is 6.39. The first-order valence-corrected chi connectivity index (χ1v) is 8.23. The van der Waals surface area contributed by atoms with Crippen molar-refractivity contribution in [2.75, 3.05) is 24.5 Å². The molecule has 4 heteroatoms. The fourth-order valence-corrected chi connectivity index (χ4v) is 3.56. The van der Waals surface area contributed by atoms with Gasteiger partial charge in [0.25, 0.3) is 0 Å². The molecule has 2 aromatic rings. The van der Waals surface area contributed by atoms with E-state index in [1.54, 1.807) is 12.4 Å². The van der Waals surface area contributed by atoms with Crippen LogP contribution in [-0.4, -0.2) is 46.6 Å². The molecule has 4 nitrogen and oxygen atoms in total. The van der Waals surface area contributed by atoms with E-state index in [0.717, 1.165) is 31.0 Å². The lowest BCUT2D eigenvalue weighted by atomic mass is 10.1. The Hall–Kier alpha value is -2.38. The molecule has 0 spiro atoms. The molecule has 1 aromatic carbocycles. The third-order valence-corrected chi connectivity index (χ3v) is 4.73. The van der Waals surface area contributed by atoms with Crippen molar-refractivity contribution in [3.8, 4) is 11.8 Å². The van der Waals surface area contributed by atoms with Gasteiger partial charge in [-0.3, -0.25) is 9.88 Å². The summed E-state index contributed by atoms with van der Waals surface area (Å²) in [7, 11) is 0. The number of nitrogens with zero attached hydrogens (tertiary/aromatic N) is 4. The van der Waals surface area contributed by atoms with Gasteiger partial charge in [-0.2, -0.15) is 0 Å². The molecule has 2 saturated heterocycles. The van der Waals surface area contributed by atoms with E-state index in [-0.39, 0.29) is 0 Å². The van der Waals surface area contributed by atoms with Crippen LogP contribution in [0.3, 0.4) is 0 Å². The van der Waals surface area contributed by atoms with E-state index in [0.29, 0.717) is 12.1 Å². The van der Waals surface area contributed by atoms with E-state index < -0.39 is 0 Å². The maximum absolute atomic E-state index is 4.43. The van der Waals surface area contributed by atoms with Crippen molar-refractivity contribution in [1.82, 2.24) is 14.9 Å². The Balaban J connectivity index is 1.44. The van der Waals surface area contributed by atoms with Crippen LogP contribution in [-0.2, 0) is 0 Å². The lowest BCUT2D eigenvalue weighted by Gasteiger charge is -2.39. The van der Waals surface area contributed by atoms with E-state index in [1.807, 2.05) is 24.4 Å². The second-order valence-corrected chi connectivity index (χ2v) is 6.13. The summed E-state index contributed by atoms with van der Waals surface area (Å²) in [4.78, 5) is 13.5. The van der Waals surface area contributed by atoms with Gasteiger partial charge in [-0.1, -0.05) is 30.0 Å². The number of benzene rings is 1. The quantitative estimate of drug-likeness (QED) is 0.756. The molecule has 0 saturated carbocycles. The monoisotopic (exact) mass is 304 g/mol. The van der Waals surface area contributed by atoms with Gasteiger partial charge in [-0.15, -0.1) is 0 Å². The Labute approximate surface area is 137 Å². The molecule has 4 rings (SSSR count). The summed E-state index contributed by atoms with van der Waals surface area (Å²) >= 11 is 0. The van der Waals surface area contributed by atoms with Crippen LogP contribution in [0.25, 0.3) is 0 Å². The number of aromatic nitrogens is 2. The summed E-state index contributed by atoms with van der Waals surface area (Å²) in [6.07, 6.45) is 7.73. The van der Waals surface area contributed by atoms with Gasteiger partial charge in [0, 0.05) is 43.6 Å². The highest BCUT2D eigenvalue weighted by atomic mass is 15.3. The highest BCUT2D eigenvalue weighted by Crippen LogP contribution is 2.28. The number of piperazine rings is 1. The van der Waals surface area contributed by atoms with Crippen LogP contribution in [0.15, 0.2) is 48.9 Å². The Morgan fingerprint density at radius 3 is 2.78 bits per heavy atom. The van der Waals surface area contributed by atoms with Gasteiger partial charge < -0.3 is 4.90 Å². The number of anilines is 1. The third kappa shape index (κ3) is 3.06. The average Bonchev–Trinajstić information content (AvgIpc) is 3.04. The largest absolute Gasteiger partial charge is 0.352 e. The fourth-order valence-electron chi connectivity index (χ4n) is 3.56. The first kappa shape index (κ1) is 14.2. The average molecular weight is 304 g/mol. The van der Waals surface area contributed by atoms with Crippen molar-refractivity contribution in [2.45, 2.75) is 24.9 Å². The zero-order valence-corrected chi connectivity index (χ0v) is 13.1. The number of hydrogen-bond acceptors (Lipinski definition) is 4. The predicted molar refractivity (Wildman–Crippen MR) is 91.1 cm³/mol. The molecular weight excluding hydrogens is 284 g/mol. The van der Waals surface area contributed by atoms with Crippen molar-refractivity contribution in [1.29, 1.82) is 0 Å².